The molecule has 8 heteroatoms. The van der Waals surface area contributed by atoms with Gasteiger partial charge in [0, 0.05) is 13.0 Å². The Morgan fingerprint density at radius 3 is 2.94 bits per heavy atom. The van der Waals surface area contributed by atoms with Crippen LogP contribution in [0.1, 0.15) is 30.5 Å². The van der Waals surface area contributed by atoms with Crippen LogP contribution in [0.5, 0.6) is 0 Å². The standard InChI is InChI=1S/C9H12N6OS/c1-15-8(10)12-13-9(15)17-4-6-11-7(16-14-6)5-2-3-5/h5H,2-4H2,1H3,(H2,10,12). The molecule has 0 bridgehead atoms. The minimum Gasteiger partial charge on any atom is -0.368 e. The van der Waals surface area contributed by atoms with Gasteiger partial charge in [0.05, 0.1) is 5.75 Å². The van der Waals surface area contributed by atoms with Crippen molar-refractivity contribution in [2.24, 2.45) is 7.05 Å². The van der Waals surface area contributed by atoms with Crippen molar-refractivity contribution in [3.05, 3.63) is 11.7 Å². The SMILES string of the molecule is Cn1c(N)nnc1SCc1noc(C2CC2)n1. The Morgan fingerprint density at radius 1 is 1.47 bits per heavy atom. The molecular formula is C9H12N6OS. The van der Waals surface area contributed by atoms with E-state index in [1.165, 1.54) is 11.8 Å². The van der Waals surface area contributed by atoms with E-state index >= 15 is 0 Å². The minimum atomic E-state index is 0.402. The van der Waals surface area contributed by atoms with Crippen LogP contribution in [0.4, 0.5) is 5.95 Å². The lowest BCUT2D eigenvalue weighted by molar-refractivity contribution is 0.375. The van der Waals surface area contributed by atoms with Crippen molar-refractivity contribution < 1.29 is 4.52 Å². The van der Waals surface area contributed by atoms with E-state index in [1.54, 1.807) is 4.57 Å². The van der Waals surface area contributed by atoms with Crippen LogP contribution in [0.2, 0.25) is 0 Å². The third kappa shape index (κ3) is 2.12. The molecule has 1 fully saturated rings. The molecule has 0 saturated heterocycles. The normalized spacial score (nSPS) is 15.4. The molecule has 90 valence electrons. The van der Waals surface area contributed by atoms with Crippen molar-refractivity contribution in [3.63, 3.8) is 0 Å². The van der Waals surface area contributed by atoms with E-state index in [1.807, 2.05) is 7.05 Å². The summed E-state index contributed by atoms with van der Waals surface area (Å²) in [5, 5.41) is 12.4. The number of hydrogen-bond acceptors (Lipinski definition) is 7. The van der Waals surface area contributed by atoms with Crippen molar-refractivity contribution in [3.8, 4) is 0 Å². The number of aromatic nitrogens is 5. The first-order valence-electron chi connectivity index (χ1n) is 5.34. The molecule has 0 aliphatic heterocycles. The zero-order valence-corrected chi connectivity index (χ0v) is 10.1. The fraction of sp³-hybridized carbons (Fsp3) is 0.556. The fourth-order valence-corrected chi connectivity index (χ4v) is 2.16. The molecule has 2 aromatic rings. The van der Waals surface area contributed by atoms with Gasteiger partial charge in [-0.25, -0.2) is 0 Å². The molecule has 0 spiro atoms. The van der Waals surface area contributed by atoms with Crippen molar-refractivity contribution in [2.75, 3.05) is 5.73 Å². The average molecular weight is 252 g/mol. The first-order chi connectivity index (χ1) is 8.24. The number of thioether (sulfide) groups is 1. The van der Waals surface area contributed by atoms with E-state index in [9.17, 15) is 0 Å². The molecule has 0 atom stereocenters. The van der Waals surface area contributed by atoms with Crippen LogP contribution in [0.3, 0.4) is 0 Å². The van der Waals surface area contributed by atoms with Gasteiger partial charge in [0.1, 0.15) is 0 Å². The lowest BCUT2D eigenvalue weighted by atomic mass is 10.4. The van der Waals surface area contributed by atoms with Crippen LogP contribution < -0.4 is 5.73 Å². The van der Waals surface area contributed by atoms with Crippen molar-refractivity contribution in [2.45, 2.75) is 29.7 Å². The van der Waals surface area contributed by atoms with Gasteiger partial charge in [-0.3, -0.25) is 4.57 Å². The molecule has 0 aromatic carbocycles. The molecule has 0 unspecified atom stereocenters. The first-order valence-corrected chi connectivity index (χ1v) is 6.32. The monoisotopic (exact) mass is 252 g/mol. The number of nitrogens with two attached hydrogens (primary N) is 1. The highest BCUT2D eigenvalue weighted by Gasteiger charge is 2.29. The molecule has 2 aromatic heterocycles. The van der Waals surface area contributed by atoms with Gasteiger partial charge >= 0.3 is 0 Å². The second-order valence-electron chi connectivity index (χ2n) is 4.01. The molecule has 1 aliphatic rings. The molecule has 0 amide bonds. The van der Waals surface area contributed by atoms with E-state index < -0.39 is 0 Å². The molecular weight excluding hydrogens is 240 g/mol. The smallest absolute Gasteiger partial charge is 0.229 e. The van der Waals surface area contributed by atoms with Gasteiger partial charge in [-0.2, -0.15) is 4.98 Å². The summed E-state index contributed by atoms with van der Waals surface area (Å²) >= 11 is 1.49. The lowest BCUT2D eigenvalue weighted by Gasteiger charge is -1.97. The summed E-state index contributed by atoms with van der Waals surface area (Å²) in [4.78, 5) is 4.34. The number of hydrogen-bond donors (Lipinski definition) is 1. The van der Waals surface area contributed by atoms with E-state index in [2.05, 4.69) is 20.3 Å². The zero-order valence-electron chi connectivity index (χ0n) is 9.33. The Kier molecular flexibility index (Phi) is 2.50. The van der Waals surface area contributed by atoms with E-state index in [0.29, 0.717) is 23.4 Å². The van der Waals surface area contributed by atoms with Crippen LogP contribution in [-0.2, 0) is 12.8 Å². The Bertz CT molecular complexity index is 531. The van der Waals surface area contributed by atoms with Crippen LogP contribution in [0.15, 0.2) is 9.68 Å². The van der Waals surface area contributed by atoms with Crippen molar-refractivity contribution in [1.29, 1.82) is 0 Å². The number of anilines is 1. The van der Waals surface area contributed by atoms with Gasteiger partial charge in [-0.15, -0.1) is 10.2 Å². The summed E-state index contributed by atoms with van der Waals surface area (Å²) in [6.07, 6.45) is 2.32. The van der Waals surface area contributed by atoms with E-state index in [4.69, 9.17) is 10.3 Å². The Hall–Kier alpha value is -1.57. The van der Waals surface area contributed by atoms with Crippen LogP contribution in [0, 0.1) is 0 Å². The second-order valence-corrected chi connectivity index (χ2v) is 4.95. The van der Waals surface area contributed by atoms with Crippen LogP contribution in [-0.4, -0.2) is 24.9 Å². The summed E-state index contributed by atoms with van der Waals surface area (Å²) in [5.41, 5.74) is 5.59. The molecule has 2 heterocycles. The van der Waals surface area contributed by atoms with Gasteiger partial charge in [0.25, 0.3) is 0 Å². The number of nitrogens with zero attached hydrogens (tertiary/aromatic N) is 5. The van der Waals surface area contributed by atoms with Gasteiger partial charge in [-0.05, 0) is 12.8 Å². The highest BCUT2D eigenvalue weighted by Crippen LogP contribution is 2.39. The van der Waals surface area contributed by atoms with Gasteiger partial charge in [-0.1, -0.05) is 16.9 Å². The van der Waals surface area contributed by atoms with E-state index in [0.717, 1.165) is 23.9 Å². The fourth-order valence-electron chi connectivity index (χ4n) is 1.40. The Labute approximate surface area is 102 Å². The molecule has 2 N–H and O–H groups in total. The molecule has 7 nitrogen and oxygen atoms in total. The number of nitrogen functional groups attached to an aromatic ring is 1. The quantitative estimate of drug-likeness (QED) is 0.809. The van der Waals surface area contributed by atoms with Gasteiger partial charge < -0.3 is 10.3 Å². The lowest BCUT2D eigenvalue weighted by Crippen LogP contribution is -1.98. The third-order valence-corrected chi connectivity index (χ3v) is 3.63. The third-order valence-electron chi connectivity index (χ3n) is 2.61. The predicted molar refractivity (Wildman–Crippen MR) is 61.2 cm³/mol. The summed E-state index contributed by atoms with van der Waals surface area (Å²) in [7, 11) is 1.82. The molecule has 1 aliphatic carbocycles. The summed E-state index contributed by atoms with van der Waals surface area (Å²) in [5.74, 6) is 2.96. The molecule has 0 radical (unpaired) electrons. The van der Waals surface area contributed by atoms with Gasteiger partial charge in [0.2, 0.25) is 11.8 Å². The molecule has 17 heavy (non-hydrogen) atoms. The molecule has 1 saturated carbocycles. The molecule has 3 rings (SSSR count). The second kappa shape index (κ2) is 4.02. The Balaban J connectivity index is 1.64. The topological polar surface area (TPSA) is 95.7 Å². The highest BCUT2D eigenvalue weighted by molar-refractivity contribution is 7.98. The maximum Gasteiger partial charge on any atom is 0.229 e. The highest BCUT2D eigenvalue weighted by atomic mass is 32.2. The maximum atomic E-state index is 5.59. The maximum absolute atomic E-state index is 5.59. The van der Waals surface area contributed by atoms with Crippen molar-refractivity contribution in [1.82, 2.24) is 24.9 Å². The summed E-state index contributed by atoms with van der Waals surface area (Å²) < 4.78 is 6.90. The zero-order chi connectivity index (χ0) is 11.8. The average Bonchev–Trinajstić information content (AvgIpc) is 3.00. The predicted octanol–water partition coefficient (Wildman–Crippen LogP) is 0.950. The van der Waals surface area contributed by atoms with Crippen molar-refractivity contribution >= 4 is 17.7 Å². The van der Waals surface area contributed by atoms with Crippen LogP contribution >= 0.6 is 11.8 Å². The largest absolute Gasteiger partial charge is 0.368 e. The first kappa shape index (κ1) is 10.6. The number of rotatable bonds is 4. The summed E-state index contributed by atoms with van der Waals surface area (Å²) in [6.45, 7) is 0. The minimum absolute atomic E-state index is 0.402. The summed E-state index contributed by atoms with van der Waals surface area (Å²) in [6, 6.07) is 0. The van der Waals surface area contributed by atoms with Crippen LogP contribution in [0.25, 0.3) is 0 Å². The van der Waals surface area contributed by atoms with Gasteiger partial charge in [0.15, 0.2) is 11.0 Å². The van der Waals surface area contributed by atoms with E-state index in [-0.39, 0.29) is 0 Å². The Morgan fingerprint density at radius 2 is 2.29 bits per heavy atom.